The maximum atomic E-state index is 13.3. The Kier molecular flexibility index (Phi) is 6.05. The molecule has 0 radical (unpaired) electrons. The summed E-state index contributed by atoms with van der Waals surface area (Å²) >= 11 is 0. The molecule has 34 heavy (non-hydrogen) atoms. The molecule has 0 spiro atoms. The van der Waals surface area contributed by atoms with Gasteiger partial charge in [0.2, 0.25) is 15.7 Å². The van der Waals surface area contributed by atoms with E-state index in [1.807, 2.05) is 0 Å². The van der Waals surface area contributed by atoms with Gasteiger partial charge in [0.05, 0.1) is 9.79 Å². The third kappa shape index (κ3) is 5.04. The van der Waals surface area contributed by atoms with Crippen molar-refractivity contribution in [3.05, 3.63) is 84.8 Å². The van der Waals surface area contributed by atoms with Gasteiger partial charge in [0.15, 0.2) is 0 Å². The molecule has 1 heterocycles. The van der Waals surface area contributed by atoms with E-state index in [0.29, 0.717) is 10.9 Å². The summed E-state index contributed by atoms with van der Waals surface area (Å²) in [6.07, 6.45) is -3.50. The molecule has 11 heteroatoms. The van der Waals surface area contributed by atoms with Crippen LogP contribution >= 0.6 is 0 Å². The fourth-order valence-electron chi connectivity index (χ4n) is 3.39. The fraction of sp³-hybridized carbons (Fsp3) is 0.0870. The van der Waals surface area contributed by atoms with Crippen molar-refractivity contribution in [2.75, 3.05) is 5.32 Å². The Labute approximate surface area is 191 Å². The minimum Gasteiger partial charge on any atom is -0.406 e. The summed E-state index contributed by atoms with van der Waals surface area (Å²) in [6.45, 7) is -0.264. The Morgan fingerprint density at radius 1 is 0.941 bits per heavy atom. The van der Waals surface area contributed by atoms with Crippen LogP contribution in [0.1, 0.15) is 0 Å². The van der Waals surface area contributed by atoms with Crippen LogP contribution in [0.2, 0.25) is 0 Å². The Bertz CT molecular complexity index is 1450. The number of rotatable bonds is 6. The van der Waals surface area contributed by atoms with Crippen LogP contribution in [0, 0.1) is 5.82 Å². The summed E-state index contributed by atoms with van der Waals surface area (Å²) in [4.78, 5) is 12.4. The SMILES string of the molecule is O=C(Cn1cc(S(=O)(=O)c2ccc(F)cc2)c2ccccc21)Nc1ccc(OC(F)(F)F)cc1. The van der Waals surface area contributed by atoms with E-state index in [1.54, 1.807) is 24.3 Å². The summed E-state index contributed by atoms with van der Waals surface area (Å²) < 4.78 is 81.6. The molecule has 0 aliphatic rings. The largest absolute Gasteiger partial charge is 0.573 e. The minimum absolute atomic E-state index is 0.0452. The third-order valence-corrected chi connectivity index (χ3v) is 6.65. The third-order valence-electron chi connectivity index (χ3n) is 4.85. The zero-order valence-corrected chi connectivity index (χ0v) is 18.0. The maximum Gasteiger partial charge on any atom is 0.573 e. The molecule has 0 atom stereocenters. The highest BCUT2D eigenvalue weighted by Gasteiger charge is 2.31. The molecular formula is C23H16F4N2O4S. The first-order chi connectivity index (χ1) is 16.0. The van der Waals surface area contributed by atoms with Gasteiger partial charge >= 0.3 is 6.36 Å². The van der Waals surface area contributed by atoms with Gasteiger partial charge < -0.3 is 14.6 Å². The average molecular weight is 492 g/mol. The summed E-state index contributed by atoms with van der Waals surface area (Å²) in [5.74, 6) is -1.54. The molecule has 6 nitrogen and oxygen atoms in total. The summed E-state index contributed by atoms with van der Waals surface area (Å²) in [7, 11) is -4.00. The lowest BCUT2D eigenvalue weighted by Crippen LogP contribution is -2.19. The Balaban J connectivity index is 1.58. The Morgan fingerprint density at radius 3 is 2.24 bits per heavy atom. The number of anilines is 1. The lowest BCUT2D eigenvalue weighted by Gasteiger charge is -2.10. The van der Waals surface area contributed by atoms with Crippen molar-refractivity contribution >= 4 is 32.3 Å². The summed E-state index contributed by atoms with van der Waals surface area (Å²) in [5.41, 5.74) is 0.711. The van der Waals surface area contributed by atoms with Gasteiger partial charge in [-0.25, -0.2) is 12.8 Å². The smallest absolute Gasteiger partial charge is 0.406 e. The highest BCUT2D eigenvalue weighted by Crippen LogP contribution is 2.30. The van der Waals surface area contributed by atoms with Crippen molar-refractivity contribution in [1.29, 1.82) is 0 Å². The van der Waals surface area contributed by atoms with E-state index >= 15 is 0 Å². The van der Waals surface area contributed by atoms with Gasteiger partial charge in [-0.05, 0) is 54.6 Å². The topological polar surface area (TPSA) is 77.4 Å². The minimum atomic E-state index is -4.83. The number of carbonyl (C=O) groups is 1. The van der Waals surface area contributed by atoms with E-state index in [0.717, 1.165) is 36.4 Å². The molecule has 0 saturated carbocycles. The first-order valence-corrected chi connectivity index (χ1v) is 11.3. The first kappa shape index (κ1) is 23.3. The predicted molar refractivity (Wildman–Crippen MR) is 116 cm³/mol. The number of hydrogen-bond acceptors (Lipinski definition) is 4. The Morgan fingerprint density at radius 2 is 1.59 bits per heavy atom. The number of aromatic nitrogens is 1. The van der Waals surface area contributed by atoms with E-state index in [1.165, 1.54) is 22.9 Å². The zero-order valence-electron chi connectivity index (χ0n) is 17.2. The van der Waals surface area contributed by atoms with Crippen LogP contribution in [0.3, 0.4) is 0 Å². The fourth-order valence-corrected chi connectivity index (χ4v) is 4.87. The molecule has 0 fully saturated rings. The lowest BCUT2D eigenvalue weighted by atomic mass is 10.2. The highest BCUT2D eigenvalue weighted by atomic mass is 32.2. The standard InChI is InChI=1S/C23H16F4N2O4S/c24-15-5-11-18(12-6-15)34(31,32)21-13-29(20-4-2-1-3-19(20)21)14-22(30)28-16-7-9-17(10-8-16)33-23(25,26)27/h1-13H,14H2,(H,28,30). The van der Waals surface area contributed by atoms with Crippen LogP contribution in [0.4, 0.5) is 23.2 Å². The number of carbonyl (C=O) groups excluding carboxylic acids is 1. The molecule has 1 amide bonds. The van der Waals surface area contributed by atoms with Crippen LogP contribution in [-0.2, 0) is 21.2 Å². The number of sulfone groups is 1. The molecular weight excluding hydrogens is 476 g/mol. The summed E-state index contributed by atoms with van der Waals surface area (Å²) in [5, 5.41) is 2.93. The second-order valence-corrected chi connectivity index (χ2v) is 9.13. The van der Waals surface area contributed by atoms with Crippen LogP contribution in [-0.4, -0.2) is 25.3 Å². The van der Waals surface area contributed by atoms with Crippen molar-refractivity contribution in [2.24, 2.45) is 0 Å². The van der Waals surface area contributed by atoms with Crippen molar-refractivity contribution in [3.8, 4) is 5.75 Å². The molecule has 0 aliphatic heterocycles. The van der Waals surface area contributed by atoms with E-state index in [4.69, 9.17) is 0 Å². The van der Waals surface area contributed by atoms with Crippen molar-refractivity contribution in [2.45, 2.75) is 22.7 Å². The van der Waals surface area contributed by atoms with Gasteiger partial charge in [-0.1, -0.05) is 18.2 Å². The molecule has 0 bridgehead atoms. The van der Waals surface area contributed by atoms with E-state index < -0.39 is 33.7 Å². The van der Waals surface area contributed by atoms with Gasteiger partial charge in [-0.2, -0.15) is 0 Å². The lowest BCUT2D eigenvalue weighted by molar-refractivity contribution is -0.274. The maximum absolute atomic E-state index is 13.3. The molecule has 1 N–H and O–H groups in total. The van der Waals surface area contributed by atoms with E-state index in [-0.39, 0.29) is 22.0 Å². The molecule has 4 rings (SSSR count). The normalized spacial score (nSPS) is 12.0. The van der Waals surface area contributed by atoms with Crippen LogP contribution in [0.25, 0.3) is 10.9 Å². The van der Waals surface area contributed by atoms with Crippen molar-refractivity contribution < 1.29 is 35.5 Å². The molecule has 0 aliphatic carbocycles. The van der Waals surface area contributed by atoms with Crippen molar-refractivity contribution in [3.63, 3.8) is 0 Å². The van der Waals surface area contributed by atoms with Crippen LogP contribution < -0.4 is 10.1 Å². The average Bonchev–Trinajstić information content (AvgIpc) is 3.14. The molecule has 3 aromatic carbocycles. The van der Waals surface area contributed by atoms with Gasteiger partial charge in [-0.15, -0.1) is 13.2 Å². The molecule has 1 aromatic heterocycles. The first-order valence-electron chi connectivity index (χ1n) is 9.77. The quantitative estimate of drug-likeness (QED) is 0.298. The molecule has 176 valence electrons. The second kappa shape index (κ2) is 8.82. The summed E-state index contributed by atoms with van der Waals surface area (Å²) in [6, 6.07) is 15.6. The number of hydrogen-bond donors (Lipinski definition) is 1. The van der Waals surface area contributed by atoms with E-state index in [9.17, 15) is 30.8 Å². The number of nitrogens with one attached hydrogen (secondary N) is 1. The number of halogens is 4. The zero-order chi connectivity index (χ0) is 24.5. The number of fused-ring (bicyclic) bond motifs is 1. The van der Waals surface area contributed by atoms with Gasteiger partial charge in [0, 0.05) is 22.8 Å². The molecule has 4 aromatic rings. The number of benzene rings is 3. The Hall–Kier alpha value is -3.86. The number of alkyl halides is 3. The van der Waals surface area contributed by atoms with Gasteiger partial charge in [-0.3, -0.25) is 4.79 Å². The number of amides is 1. The molecule has 0 saturated heterocycles. The number of para-hydroxylation sites is 1. The monoisotopic (exact) mass is 492 g/mol. The van der Waals surface area contributed by atoms with Crippen LogP contribution in [0.5, 0.6) is 5.75 Å². The van der Waals surface area contributed by atoms with Crippen LogP contribution in [0.15, 0.2) is 88.8 Å². The highest BCUT2D eigenvalue weighted by molar-refractivity contribution is 7.91. The van der Waals surface area contributed by atoms with Gasteiger partial charge in [0.25, 0.3) is 0 Å². The van der Waals surface area contributed by atoms with Crippen molar-refractivity contribution in [1.82, 2.24) is 4.57 Å². The molecule has 0 unspecified atom stereocenters. The van der Waals surface area contributed by atoms with E-state index in [2.05, 4.69) is 10.1 Å². The number of ether oxygens (including phenoxy) is 1. The second-order valence-electron chi connectivity index (χ2n) is 7.22. The number of nitrogens with zero attached hydrogens (tertiary/aromatic N) is 1. The van der Waals surface area contributed by atoms with Gasteiger partial charge in [0.1, 0.15) is 18.1 Å². The predicted octanol–water partition coefficient (Wildman–Crippen LogP) is 5.15.